The SMILES string of the molecule is CCCn1cc(C2(OC)CCNCC2)cn1. The van der Waals surface area contributed by atoms with Crippen LogP contribution in [0.15, 0.2) is 12.4 Å². The van der Waals surface area contributed by atoms with Gasteiger partial charge in [0.15, 0.2) is 0 Å². The van der Waals surface area contributed by atoms with Gasteiger partial charge in [-0.25, -0.2) is 0 Å². The number of rotatable bonds is 4. The molecule has 0 bridgehead atoms. The lowest BCUT2D eigenvalue weighted by atomic mass is 9.87. The summed E-state index contributed by atoms with van der Waals surface area (Å²) in [7, 11) is 1.81. The molecule has 0 unspecified atom stereocenters. The summed E-state index contributed by atoms with van der Waals surface area (Å²) in [5.74, 6) is 0. The topological polar surface area (TPSA) is 39.1 Å². The average Bonchev–Trinajstić information content (AvgIpc) is 2.80. The minimum Gasteiger partial charge on any atom is -0.373 e. The second-order valence-corrected chi connectivity index (χ2v) is 4.44. The van der Waals surface area contributed by atoms with Crippen LogP contribution in [0.1, 0.15) is 31.7 Å². The van der Waals surface area contributed by atoms with Crippen molar-refractivity contribution in [3.05, 3.63) is 18.0 Å². The van der Waals surface area contributed by atoms with Crippen molar-refractivity contribution in [3.63, 3.8) is 0 Å². The Hall–Kier alpha value is -0.870. The van der Waals surface area contributed by atoms with E-state index in [1.165, 1.54) is 5.56 Å². The standard InChI is InChI=1S/C12H21N3O/c1-3-8-15-10-11(9-14-15)12(16-2)4-6-13-7-5-12/h9-10,13H,3-8H2,1-2H3. The van der Waals surface area contributed by atoms with Crippen molar-refractivity contribution in [2.45, 2.75) is 38.3 Å². The van der Waals surface area contributed by atoms with E-state index in [0.29, 0.717) is 0 Å². The molecule has 1 aliphatic heterocycles. The predicted octanol–water partition coefficient (Wildman–Crippen LogP) is 1.52. The molecule has 1 fully saturated rings. The fraction of sp³-hybridized carbons (Fsp3) is 0.750. The van der Waals surface area contributed by atoms with E-state index in [9.17, 15) is 0 Å². The summed E-state index contributed by atoms with van der Waals surface area (Å²) in [5, 5.41) is 7.76. The highest BCUT2D eigenvalue weighted by Crippen LogP contribution is 2.33. The number of methoxy groups -OCH3 is 1. The van der Waals surface area contributed by atoms with Gasteiger partial charge >= 0.3 is 0 Å². The minimum absolute atomic E-state index is 0.114. The van der Waals surface area contributed by atoms with Gasteiger partial charge in [0.1, 0.15) is 0 Å². The first-order valence-corrected chi connectivity index (χ1v) is 6.09. The summed E-state index contributed by atoms with van der Waals surface area (Å²) in [6, 6.07) is 0. The van der Waals surface area contributed by atoms with Gasteiger partial charge in [0, 0.05) is 25.4 Å². The van der Waals surface area contributed by atoms with Crippen molar-refractivity contribution in [2.24, 2.45) is 0 Å². The number of nitrogens with one attached hydrogen (secondary N) is 1. The van der Waals surface area contributed by atoms with Gasteiger partial charge in [0.25, 0.3) is 0 Å². The fourth-order valence-corrected chi connectivity index (χ4v) is 2.39. The minimum atomic E-state index is -0.114. The Labute approximate surface area is 97.0 Å². The lowest BCUT2D eigenvalue weighted by Crippen LogP contribution is -2.41. The van der Waals surface area contributed by atoms with Crippen molar-refractivity contribution in [1.82, 2.24) is 15.1 Å². The Morgan fingerprint density at radius 3 is 2.88 bits per heavy atom. The second kappa shape index (κ2) is 4.97. The molecule has 2 rings (SSSR count). The molecule has 2 heterocycles. The third-order valence-electron chi connectivity index (χ3n) is 3.41. The third-order valence-corrected chi connectivity index (χ3v) is 3.41. The molecule has 90 valence electrons. The Morgan fingerprint density at radius 1 is 1.50 bits per heavy atom. The zero-order chi connectivity index (χ0) is 11.4. The monoisotopic (exact) mass is 223 g/mol. The maximum Gasteiger partial charge on any atom is 0.0981 e. The normalized spacial score (nSPS) is 19.9. The van der Waals surface area contributed by atoms with E-state index in [1.54, 1.807) is 0 Å². The molecule has 1 aliphatic rings. The maximum absolute atomic E-state index is 5.76. The van der Waals surface area contributed by atoms with Gasteiger partial charge < -0.3 is 10.1 Å². The molecule has 1 aromatic heterocycles. The summed E-state index contributed by atoms with van der Waals surface area (Å²) in [5.41, 5.74) is 1.11. The average molecular weight is 223 g/mol. The molecule has 4 heteroatoms. The predicted molar refractivity (Wildman–Crippen MR) is 63.3 cm³/mol. The molecule has 0 aromatic carbocycles. The zero-order valence-corrected chi connectivity index (χ0v) is 10.2. The Morgan fingerprint density at radius 2 is 2.25 bits per heavy atom. The van der Waals surface area contributed by atoms with E-state index >= 15 is 0 Å². The smallest absolute Gasteiger partial charge is 0.0981 e. The first-order valence-electron chi connectivity index (χ1n) is 6.09. The molecule has 1 N–H and O–H groups in total. The van der Waals surface area contributed by atoms with Crippen molar-refractivity contribution >= 4 is 0 Å². The number of hydrogen-bond acceptors (Lipinski definition) is 3. The van der Waals surface area contributed by atoms with Crippen LogP contribution < -0.4 is 5.32 Å². The number of aromatic nitrogens is 2. The fourth-order valence-electron chi connectivity index (χ4n) is 2.39. The molecule has 16 heavy (non-hydrogen) atoms. The van der Waals surface area contributed by atoms with Gasteiger partial charge in [-0.05, 0) is 32.4 Å². The highest BCUT2D eigenvalue weighted by molar-refractivity contribution is 5.17. The van der Waals surface area contributed by atoms with Crippen LogP contribution in [-0.4, -0.2) is 30.0 Å². The summed E-state index contributed by atoms with van der Waals surface area (Å²) < 4.78 is 7.77. The largest absolute Gasteiger partial charge is 0.373 e. The van der Waals surface area contributed by atoms with Gasteiger partial charge in [0.2, 0.25) is 0 Å². The van der Waals surface area contributed by atoms with E-state index in [0.717, 1.165) is 38.9 Å². The second-order valence-electron chi connectivity index (χ2n) is 4.44. The molecule has 0 amide bonds. The summed E-state index contributed by atoms with van der Waals surface area (Å²) in [4.78, 5) is 0. The zero-order valence-electron chi connectivity index (χ0n) is 10.2. The van der Waals surface area contributed by atoms with E-state index in [4.69, 9.17) is 4.74 Å². The molecular weight excluding hydrogens is 202 g/mol. The van der Waals surface area contributed by atoms with E-state index in [1.807, 2.05) is 18.0 Å². The lowest BCUT2D eigenvalue weighted by Gasteiger charge is -2.35. The van der Waals surface area contributed by atoms with Crippen LogP contribution in [0.5, 0.6) is 0 Å². The summed E-state index contributed by atoms with van der Waals surface area (Å²) in [6.45, 7) is 5.19. The molecule has 0 spiro atoms. The molecule has 1 aromatic rings. The van der Waals surface area contributed by atoms with Crippen LogP contribution in [-0.2, 0) is 16.9 Å². The lowest BCUT2D eigenvalue weighted by molar-refractivity contribution is -0.0392. The van der Waals surface area contributed by atoms with Crippen molar-refractivity contribution in [1.29, 1.82) is 0 Å². The van der Waals surface area contributed by atoms with Crippen molar-refractivity contribution in [3.8, 4) is 0 Å². The molecule has 4 nitrogen and oxygen atoms in total. The van der Waals surface area contributed by atoms with Crippen LogP contribution in [0.4, 0.5) is 0 Å². The van der Waals surface area contributed by atoms with Crippen LogP contribution in [0.3, 0.4) is 0 Å². The van der Waals surface area contributed by atoms with Crippen LogP contribution in [0.2, 0.25) is 0 Å². The number of aryl methyl sites for hydroxylation is 1. The van der Waals surface area contributed by atoms with E-state index in [2.05, 4.69) is 23.5 Å². The molecular formula is C12H21N3O. The molecule has 1 saturated heterocycles. The molecule has 0 saturated carbocycles. The van der Waals surface area contributed by atoms with Gasteiger partial charge in [-0.1, -0.05) is 6.92 Å². The van der Waals surface area contributed by atoms with Crippen molar-refractivity contribution in [2.75, 3.05) is 20.2 Å². The van der Waals surface area contributed by atoms with Crippen LogP contribution in [0, 0.1) is 0 Å². The number of piperidine rings is 1. The Bertz CT molecular complexity index is 329. The molecule has 0 radical (unpaired) electrons. The van der Waals surface area contributed by atoms with Gasteiger partial charge in [-0.15, -0.1) is 0 Å². The Balaban J connectivity index is 2.18. The highest BCUT2D eigenvalue weighted by atomic mass is 16.5. The van der Waals surface area contributed by atoms with Gasteiger partial charge in [0.05, 0.1) is 11.8 Å². The Kier molecular flexibility index (Phi) is 3.61. The van der Waals surface area contributed by atoms with E-state index < -0.39 is 0 Å². The molecule has 0 aliphatic carbocycles. The van der Waals surface area contributed by atoms with Crippen LogP contribution >= 0.6 is 0 Å². The number of hydrogen-bond donors (Lipinski definition) is 1. The quantitative estimate of drug-likeness (QED) is 0.841. The first kappa shape index (κ1) is 11.6. The van der Waals surface area contributed by atoms with Gasteiger partial charge in [-0.2, -0.15) is 5.10 Å². The summed E-state index contributed by atoms with van der Waals surface area (Å²) >= 11 is 0. The highest BCUT2D eigenvalue weighted by Gasteiger charge is 2.34. The maximum atomic E-state index is 5.76. The van der Waals surface area contributed by atoms with E-state index in [-0.39, 0.29) is 5.60 Å². The van der Waals surface area contributed by atoms with Crippen molar-refractivity contribution < 1.29 is 4.74 Å². The number of ether oxygens (including phenoxy) is 1. The van der Waals surface area contributed by atoms with Crippen LogP contribution in [0.25, 0.3) is 0 Å². The first-order chi connectivity index (χ1) is 7.80. The third kappa shape index (κ3) is 2.13. The molecule has 0 atom stereocenters. The summed E-state index contributed by atoms with van der Waals surface area (Å²) in [6.07, 6.45) is 7.27. The number of nitrogens with zero attached hydrogens (tertiary/aromatic N) is 2. The van der Waals surface area contributed by atoms with Gasteiger partial charge in [-0.3, -0.25) is 4.68 Å².